The second-order valence-electron chi connectivity index (χ2n) is 2.56. The Kier molecular flexibility index (Phi) is 4.20. The highest BCUT2D eigenvalue weighted by Crippen LogP contribution is 2.27. The lowest BCUT2D eigenvalue weighted by Crippen LogP contribution is -1.97. The minimum Gasteiger partial charge on any atom is -0.428 e. The molecule has 1 unspecified atom stereocenters. The van der Waals surface area contributed by atoms with E-state index in [1.807, 2.05) is 0 Å². The third-order valence-electron chi connectivity index (χ3n) is 1.50. The molecule has 0 aromatic carbocycles. The van der Waals surface area contributed by atoms with Crippen molar-refractivity contribution < 1.29 is 14.1 Å². The van der Waals surface area contributed by atoms with E-state index in [9.17, 15) is 9.36 Å². The highest BCUT2D eigenvalue weighted by Gasteiger charge is 2.30. The Balaban J connectivity index is 2.53. The summed E-state index contributed by atoms with van der Waals surface area (Å²) >= 11 is 0. The van der Waals surface area contributed by atoms with E-state index < -0.39 is 13.5 Å². The Morgan fingerprint density at radius 1 is 1.57 bits per heavy atom. The molecule has 1 aromatic heterocycles. The van der Waals surface area contributed by atoms with Gasteiger partial charge in [0, 0.05) is 6.20 Å². The minimum absolute atomic E-state index is 0.148. The van der Waals surface area contributed by atoms with Crippen molar-refractivity contribution in [3.63, 3.8) is 0 Å². The molecule has 0 aliphatic carbocycles. The van der Waals surface area contributed by atoms with Crippen LogP contribution in [0, 0.1) is 0 Å². The van der Waals surface area contributed by atoms with E-state index in [-0.39, 0.29) is 12.8 Å². The van der Waals surface area contributed by atoms with Gasteiger partial charge in [-0.05, 0) is 19.1 Å². The molecule has 0 aliphatic heterocycles. The molecular weight excluding hydrogens is 201 g/mol. The van der Waals surface area contributed by atoms with Crippen LogP contribution >= 0.6 is 7.80 Å². The molecule has 74 valence electrons. The number of ether oxygens (including phenoxy) is 1. The average Bonchev–Trinajstić information content (AvgIpc) is 2.19. The summed E-state index contributed by atoms with van der Waals surface area (Å²) in [6.07, 6.45) is 1.75. The van der Waals surface area contributed by atoms with Crippen LogP contribution in [0.25, 0.3) is 0 Å². The van der Waals surface area contributed by atoms with Gasteiger partial charge in [0.25, 0.3) is 0 Å². The highest BCUT2D eigenvalue weighted by atomic mass is 31.1. The van der Waals surface area contributed by atoms with Gasteiger partial charge in [-0.25, -0.2) is 0 Å². The van der Waals surface area contributed by atoms with Gasteiger partial charge >= 0.3 is 13.5 Å². The maximum Gasteiger partial charge on any atom is 0.555 e. The lowest BCUT2D eigenvalue weighted by molar-refractivity contribution is 0.179. The molecule has 4 nitrogen and oxygen atoms in total. The number of carbonyl (C=O) groups is 1. The third kappa shape index (κ3) is 3.23. The van der Waals surface area contributed by atoms with Crippen molar-refractivity contribution in [3.05, 3.63) is 30.1 Å². The van der Waals surface area contributed by atoms with Crippen molar-refractivity contribution in [2.75, 3.05) is 6.61 Å². The van der Waals surface area contributed by atoms with E-state index in [4.69, 9.17) is 0 Å². The topological polar surface area (TPSA) is 56.3 Å². The SMILES string of the molecule is CCOC(=O)[P+](=O)Cc1ccccn1. The average molecular weight is 212 g/mol. The minimum atomic E-state index is -2.00. The molecule has 1 rings (SSSR count). The van der Waals surface area contributed by atoms with Crippen molar-refractivity contribution in [1.82, 2.24) is 4.98 Å². The van der Waals surface area contributed by atoms with Crippen LogP contribution in [0.4, 0.5) is 4.79 Å². The summed E-state index contributed by atoms with van der Waals surface area (Å²) in [5, 5.41) is 0. The van der Waals surface area contributed by atoms with Gasteiger partial charge < -0.3 is 4.74 Å². The van der Waals surface area contributed by atoms with Gasteiger partial charge in [-0.2, -0.15) is 4.79 Å². The summed E-state index contributed by atoms with van der Waals surface area (Å²) < 4.78 is 16.0. The van der Waals surface area contributed by atoms with Gasteiger partial charge in [-0.15, -0.1) is 0 Å². The van der Waals surface area contributed by atoms with Crippen LogP contribution in [-0.2, 0) is 15.5 Å². The summed E-state index contributed by atoms with van der Waals surface area (Å²) in [4.78, 5) is 15.0. The summed E-state index contributed by atoms with van der Waals surface area (Å²) in [5.41, 5.74) is -0.00480. The molecule has 1 aromatic rings. The second kappa shape index (κ2) is 5.45. The lowest BCUT2D eigenvalue weighted by Gasteiger charge is -1.91. The summed E-state index contributed by atoms with van der Waals surface area (Å²) in [6.45, 7) is 1.93. The number of hydrogen-bond donors (Lipinski definition) is 0. The van der Waals surface area contributed by atoms with Gasteiger partial charge in [0.1, 0.15) is 0 Å². The van der Waals surface area contributed by atoms with Crippen LogP contribution in [0.5, 0.6) is 0 Å². The molecule has 0 saturated carbocycles. The summed E-state index contributed by atoms with van der Waals surface area (Å²) in [6, 6.07) is 5.28. The summed E-state index contributed by atoms with van der Waals surface area (Å²) in [5.74, 6) is 0. The van der Waals surface area contributed by atoms with E-state index in [0.717, 1.165) is 0 Å². The van der Waals surface area contributed by atoms with E-state index in [2.05, 4.69) is 9.72 Å². The molecule has 0 radical (unpaired) electrons. The molecule has 0 bridgehead atoms. The van der Waals surface area contributed by atoms with Crippen molar-refractivity contribution in [1.29, 1.82) is 0 Å². The van der Waals surface area contributed by atoms with E-state index >= 15 is 0 Å². The quantitative estimate of drug-likeness (QED) is 0.719. The highest BCUT2D eigenvalue weighted by molar-refractivity contribution is 7.62. The fourth-order valence-corrected chi connectivity index (χ4v) is 1.78. The molecule has 1 atom stereocenters. The number of rotatable bonds is 4. The van der Waals surface area contributed by atoms with Gasteiger partial charge in [0.05, 0.1) is 12.3 Å². The van der Waals surface area contributed by atoms with Crippen molar-refractivity contribution in [2.45, 2.75) is 13.1 Å². The first kappa shape index (κ1) is 10.8. The van der Waals surface area contributed by atoms with Crippen molar-refractivity contribution in [2.24, 2.45) is 0 Å². The number of nitrogens with zero attached hydrogens (tertiary/aromatic N) is 1. The Morgan fingerprint density at radius 3 is 2.93 bits per heavy atom. The predicted octanol–water partition coefficient (Wildman–Crippen LogP) is 2.57. The fraction of sp³-hybridized carbons (Fsp3) is 0.333. The first-order valence-electron chi connectivity index (χ1n) is 4.25. The monoisotopic (exact) mass is 212 g/mol. The predicted molar refractivity (Wildman–Crippen MR) is 52.6 cm³/mol. The molecule has 0 saturated heterocycles. The molecule has 0 spiro atoms. The number of carbonyl (C=O) groups excluding carboxylic acids is 1. The number of aromatic nitrogens is 1. The molecule has 1 heterocycles. The summed E-state index contributed by atoms with van der Waals surface area (Å²) in [7, 11) is -2.00. The number of pyridine rings is 1. The van der Waals surface area contributed by atoms with E-state index in [1.54, 1.807) is 31.3 Å². The van der Waals surface area contributed by atoms with E-state index in [1.165, 1.54) is 0 Å². The van der Waals surface area contributed by atoms with Crippen molar-refractivity contribution in [3.8, 4) is 0 Å². The molecule has 0 N–H and O–H groups in total. The van der Waals surface area contributed by atoms with Crippen molar-refractivity contribution >= 4 is 13.5 Å². The Bertz CT molecular complexity index is 326. The maximum atomic E-state index is 11.3. The van der Waals surface area contributed by atoms with Crippen LogP contribution in [0.3, 0.4) is 0 Å². The van der Waals surface area contributed by atoms with Crippen LogP contribution < -0.4 is 0 Å². The molecule has 5 heteroatoms. The zero-order chi connectivity index (χ0) is 10.4. The van der Waals surface area contributed by atoms with Gasteiger partial charge in [0.2, 0.25) is 0 Å². The van der Waals surface area contributed by atoms with Crippen LogP contribution in [0.1, 0.15) is 12.6 Å². The first-order chi connectivity index (χ1) is 6.74. The number of hydrogen-bond acceptors (Lipinski definition) is 4. The normalized spacial score (nSPS) is 10.8. The van der Waals surface area contributed by atoms with Gasteiger partial charge in [-0.3, -0.25) is 4.98 Å². The smallest absolute Gasteiger partial charge is 0.428 e. The Labute approximate surface area is 83.1 Å². The van der Waals surface area contributed by atoms with Crippen LogP contribution in [0.2, 0.25) is 0 Å². The Hall–Kier alpha value is -1.28. The third-order valence-corrected chi connectivity index (χ3v) is 2.65. The molecule has 0 amide bonds. The van der Waals surface area contributed by atoms with Crippen LogP contribution in [0.15, 0.2) is 24.4 Å². The molecule has 0 aliphatic rings. The maximum absolute atomic E-state index is 11.3. The van der Waals surface area contributed by atoms with Gasteiger partial charge in [-0.1, -0.05) is 10.6 Å². The first-order valence-corrected chi connectivity index (χ1v) is 5.70. The van der Waals surface area contributed by atoms with Crippen LogP contribution in [-0.4, -0.2) is 17.3 Å². The molecule has 14 heavy (non-hydrogen) atoms. The fourth-order valence-electron chi connectivity index (χ4n) is 0.899. The van der Waals surface area contributed by atoms with E-state index in [0.29, 0.717) is 5.69 Å². The second-order valence-corrected chi connectivity index (χ2v) is 3.99. The Morgan fingerprint density at radius 2 is 2.36 bits per heavy atom. The largest absolute Gasteiger partial charge is 0.555 e. The lowest BCUT2D eigenvalue weighted by atomic mass is 10.4. The zero-order valence-electron chi connectivity index (χ0n) is 7.84. The van der Waals surface area contributed by atoms with Gasteiger partial charge in [0.15, 0.2) is 6.16 Å². The molecular formula is C9H11NO3P+. The zero-order valence-corrected chi connectivity index (χ0v) is 8.74. The standard InChI is InChI=1S/C9H11NO3P/c1-2-13-9(11)14(12)7-8-5-3-4-6-10-8/h3-6H,2,7H2,1H3/q+1. The molecule has 0 fully saturated rings.